The van der Waals surface area contributed by atoms with Crippen molar-refractivity contribution in [3.63, 3.8) is 0 Å². The molecular formula is C16H25N3O4. The molecule has 0 saturated carbocycles. The summed E-state index contributed by atoms with van der Waals surface area (Å²) < 4.78 is 10.4. The molecule has 0 unspecified atom stereocenters. The predicted octanol–water partition coefficient (Wildman–Crippen LogP) is 2.67. The first-order valence-corrected chi connectivity index (χ1v) is 7.23. The van der Waals surface area contributed by atoms with Crippen LogP contribution in [-0.4, -0.2) is 41.8 Å². The van der Waals surface area contributed by atoms with Gasteiger partial charge in [0.1, 0.15) is 11.4 Å². The van der Waals surface area contributed by atoms with Gasteiger partial charge in [0.05, 0.1) is 6.54 Å². The summed E-state index contributed by atoms with van der Waals surface area (Å²) in [5.74, 6) is 6.20. The first kappa shape index (κ1) is 18.8. The number of nitrogens with two attached hydrogens (primary N) is 1. The summed E-state index contributed by atoms with van der Waals surface area (Å²) >= 11 is 0. The molecule has 7 nitrogen and oxygen atoms in total. The first-order valence-electron chi connectivity index (χ1n) is 7.23. The van der Waals surface area contributed by atoms with E-state index in [0.717, 1.165) is 16.1 Å². The van der Waals surface area contributed by atoms with E-state index in [1.165, 1.54) is 4.90 Å². The molecule has 2 amide bonds. The highest BCUT2D eigenvalue weighted by Crippen LogP contribution is 2.20. The Balaban J connectivity index is 2.74. The van der Waals surface area contributed by atoms with Gasteiger partial charge in [0.2, 0.25) is 0 Å². The summed E-state index contributed by atoms with van der Waals surface area (Å²) in [5, 5.41) is 1.01. The van der Waals surface area contributed by atoms with Gasteiger partial charge in [-0.25, -0.2) is 20.4 Å². The predicted molar refractivity (Wildman–Crippen MR) is 86.9 cm³/mol. The molecule has 128 valence electrons. The Hall–Kier alpha value is -2.28. The fourth-order valence-electron chi connectivity index (χ4n) is 1.69. The minimum Gasteiger partial charge on any atom is -0.443 e. The summed E-state index contributed by atoms with van der Waals surface area (Å²) in [6.07, 6.45) is -1.05. The van der Waals surface area contributed by atoms with E-state index in [2.05, 4.69) is 0 Å². The van der Waals surface area contributed by atoms with E-state index in [9.17, 15) is 9.59 Å². The lowest BCUT2D eigenvalue weighted by Crippen LogP contribution is -2.40. The SMILES string of the molecule is Cc1cc(CN(N)C(=O)OC(C)(C)C)ccc1OC(=O)N(C)C. The molecule has 1 rings (SSSR count). The summed E-state index contributed by atoms with van der Waals surface area (Å²) in [7, 11) is 3.22. The maximum Gasteiger partial charge on any atom is 0.424 e. The Morgan fingerprint density at radius 3 is 2.26 bits per heavy atom. The van der Waals surface area contributed by atoms with Crippen molar-refractivity contribution in [1.82, 2.24) is 9.91 Å². The second-order valence-corrected chi connectivity index (χ2v) is 6.47. The zero-order valence-electron chi connectivity index (χ0n) is 14.5. The molecule has 0 saturated heterocycles. The largest absolute Gasteiger partial charge is 0.443 e. The fraction of sp³-hybridized carbons (Fsp3) is 0.500. The van der Waals surface area contributed by atoms with E-state index in [1.54, 1.807) is 47.0 Å². The van der Waals surface area contributed by atoms with Gasteiger partial charge in [-0.05, 0) is 44.9 Å². The monoisotopic (exact) mass is 323 g/mol. The number of carbonyl (C=O) groups is 2. The van der Waals surface area contributed by atoms with E-state index in [1.807, 2.05) is 13.0 Å². The average Bonchev–Trinajstić information content (AvgIpc) is 2.39. The van der Waals surface area contributed by atoms with Gasteiger partial charge in [0, 0.05) is 14.1 Å². The highest BCUT2D eigenvalue weighted by atomic mass is 16.6. The molecule has 1 aromatic carbocycles. The second-order valence-electron chi connectivity index (χ2n) is 6.47. The third-order valence-electron chi connectivity index (χ3n) is 2.78. The van der Waals surface area contributed by atoms with Crippen LogP contribution in [-0.2, 0) is 11.3 Å². The molecule has 0 aliphatic rings. The number of carbonyl (C=O) groups excluding carboxylic acids is 2. The number of hydrogen-bond acceptors (Lipinski definition) is 5. The molecular weight excluding hydrogens is 298 g/mol. The number of nitrogens with zero attached hydrogens (tertiary/aromatic N) is 2. The molecule has 0 aromatic heterocycles. The first-order chi connectivity index (χ1) is 10.5. The summed E-state index contributed by atoms with van der Waals surface area (Å²) in [5.41, 5.74) is 0.977. The third-order valence-corrected chi connectivity index (χ3v) is 2.78. The van der Waals surface area contributed by atoms with Gasteiger partial charge < -0.3 is 14.4 Å². The molecule has 23 heavy (non-hydrogen) atoms. The summed E-state index contributed by atoms with van der Waals surface area (Å²) in [6, 6.07) is 5.23. The highest BCUT2D eigenvalue weighted by Gasteiger charge is 2.20. The van der Waals surface area contributed by atoms with Crippen LogP contribution >= 0.6 is 0 Å². The van der Waals surface area contributed by atoms with Crippen molar-refractivity contribution in [3.8, 4) is 5.75 Å². The van der Waals surface area contributed by atoms with Crippen molar-refractivity contribution in [3.05, 3.63) is 29.3 Å². The average molecular weight is 323 g/mol. The van der Waals surface area contributed by atoms with Gasteiger partial charge in [0.15, 0.2) is 0 Å². The molecule has 0 bridgehead atoms. The van der Waals surface area contributed by atoms with Gasteiger partial charge in [-0.2, -0.15) is 0 Å². The van der Waals surface area contributed by atoms with E-state index in [-0.39, 0.29) is 6.54 Å². The van der Waals surface area contributed by atoms with Crippen molar-refractivity contribution < 1.29 is 19.1 Å². The maximum atomic E-state index is 11.8. The van der Waals surface area contributed by atoms with Crippen LogP contribution in [0.15, 0.2) is 18.2 Å². The lowest BCUT2D eigenvalue weighted by molar-refractivity contribution is 0.0231. The van der Waals surface area contributed by atoms with Crippen LogP contribution in [0.3, 0.4) is 0 Å². The van der Waals surface area contributed by atoms with Crippen LogP contribution in [0.25, 0.3) is 0 Å². The van der Waals surface area contributed by atoms with Gasteiger partial charge in [-0.1, -0.05) is 12.1 Å². The topological polar surface area (TPSA) is 85.1 Å². The maximum absolute atomic E-state index is 11.8. The van der Waals surface area contributed by atoms with Crippen LogP contribution in [0.2, 0.25) is 0 Å². The Kier molecular flexibility index (Phi) is 5.98. The molecule has 2 N–H and O–H groups in total. The van der Waals surface area contributed by atoms with Gasteiger partial charge >= 0.3 is 12.2 Å². The van der Waals surface area contributed by atoms with Gasteiger partial charge in [0.25, 0.3) is 0 Å². The zero-order valence-corrected chi connectivity index (χ0v) is 14.5. The van der Waals surface area contributed by atoms with Crippen molar-refractivity contribution in [1.29, 1.82) is 0 Å². The zero-order chi connectivity index (χ0) is 17.8. The standard InChI is InChI=1S/C16H25N3O4/c1-11-9-12(7-8-13(11)22-14(20)18(5)6)10-19(17)15(21)23-16(2,3)4/h7-9H,10,17H2,1-6H3. The number of amides is 2. The molecule has 0 spiro atoms. The lowest BCUT2D eigenvalue weighted by Gasteiger charge is -2.24. The van der Waals surface area contributed by atoms with Gasteiger partial charge in [-0.3, -0.25) is 0 Å². The molecule has 0 aliphatic heterocycles. The van der Waals surface area contributed by atoms with E-state index < -0.39 is 17.8 Å². The minimum atomic E-state index is -0.602. The van der Waals surface area contributed by atoms with Crippen LogP contribution < -0.4 is 10.6 Å². The number of hydrazine groups is 1. The fourth-order valence-corrected chi connectivity index (χ4v) is 1.69. The van der Waals surface area contributed by atoms with Crippen molar-refractivity contribution in [2.75, 3.05) is 14.1 Å². The van der Waals surface area contributed by atoms with Crippen LogP contribution in [0.1, 0.15) is 31.9 Å². The number of benzene rings is 1. The molecule has 7 heteroatoms. The van der Waals surface area contributed by atoms with Crippen molar-refractivity contribution >= 4 is 12.2 Å². The summed E-state index contributed by atoms with van der Waals surface area (Å²) in [6.45, 7) is 7.33. The molecule has 0 atom stereocenters. The number of rotatable bonds is 3. The lowest BCUT2D eigenvalue weighted by atomic mass is 10.1. The molecule has 0 aliphatic carbocycles. The molecule has 1 aromatic rings. The number of ether oxygens (including phenoxy) is 2. The van der Waals surface area contributed by atoms with Gasteiger partial charge in [-0.15, -0.1) is 0 Å². The smallest absolute Gasteiger partial charge is 0.424 e. The Labute approximate surface area is 136 Å². The highest BCUT2D eigenvalue weighted by molar-refractivity contribution is 5.70. The minimum absolute atomic E-state index is 0.192. The number of aryl methyl sites for hydroxylation is 1. The van der Waals surface area contributed by atoms with Crippen LogP contribution in [0.5, 0.6) is 5.75 Å². The second kappa shape index (κ2) is 7.32. The van der Waals surface area contributed by atoms with E-state index >= 15 is 0 Å². The van der Waals surface area contributed by atoms with E-state index in [4.69, 9.17) is 15.3 Å². The normalized spacial score (nSPS) is 10.9. The van der Waals surface area contributed by atoms with Crippen molar-refractivity contribution in [2.45, 2.75) is 39.8 Å². The Morgan fingerprint density at radius 1 is 1.17 bits per heavy atom. The summed E-state index contributed by atoms with van der Waals surface area (Å²) in [4.78, 5) is 24.7. The van der Waals surface area contributed by atoms with Crippen molar-refractivity contribution in [2.24, 2.45) is 5.84 Å². The Morgan fingerprint density at radius 2 is 1.78 bits per heavy atom. The molecule has 0 heterocycles. The number of hydrogen-bond donors (Lipinski definition) is 1. The molecule has 0 fully saturated rings. The van der Waals surface area contributed by atoms with Crippen LogP contribution in [0, 0.1) is 6.92 Å². The third kappa shape index (κ3) is 6.15. The van der Waals surface area contributed by atoms with E-state index in [0.29, 0.717) is 5.75 Å². The quantitative estimate of drug-likeness (QED) is 0.525. The van der Waals surface area contributed by atoms with Crippen LogP contribution in [0.4, 0.5) is 9.59 Å². The molecule has 0 radical (unpaired) electrons. The Bertz CT molecular complexity index is 579.